The number of aryl methyl sites for hydroxylation is 2. The number of piperazine rings is 2. The van der Waals surface area contributed by atoms with E-state index in [4.69, 9.17) is 24.2 Å². The number of carbonyl (C=O) groups excluding carboxylic acids is 2. The maximum Gasteiger partial charge on any atom is 0.319 e. The van der Waals surface area contributed by atoms with Crippen LogP contribution < -0.4 is 41.1 Å². The molecular formula is C63H76F2N12O6S. The zero-order chi connectivity index (χ0) is 58.7. The van der Waals surface area contributed by atoms with Crippen LogP contribution in [0, 0.1) is 12.7 Å². The van der Waals surface area contributed by atoms with Crippen LogP contribution in [0.3, 0.4) is 0 Å². The van der Waals surface area contributed by atoms with Gasteiger partial charge in [0.1, 0.15) is 34.1 Å². The molecule has 12 rings (SSSR count). The summed E-state index contributed by atoms with van der Waals surface area (Å²) in [7, 11) is 0. The lowest BCUT2D eigenvalue weighted by molar-refractivity contribution is -0.138. The van der Waals surface area contributed by atoms with Crippen molar-refractivity contribution in [2.75, 3.05) is 55.7 Å². The lowest BCUT2D eigenvalue weighted by Gasteiger charge is -2.46. The number of hydrogen-bond donors (Lipinski definition) is 7. The molecule has 444 valence electrons. The summed E-state index contributed by atoms with van der Waals surface area (Å²) in [6.45, 7) is 14.9. The number of ketones is 1. The Labute approximate surface area is 492 Å². The summed E-state index contributed by atoms with van der Waals surface area (Å²) in [4.78, 5) is 53.3. The van der Waals surface area contributed by atoms with E-state index in [1.807, 2.05) is 82.6 Å². The standard InChI is InChI=1S/C63H76F2N12O6S/c1-7-38-9-8-10-41-23-45(78)24-47(52(38)41)54-53(64)55-48(30-68-54)58(76-32-43-15-16-44(33-76)73-43)75-60(74-55)82-22-17-42-25-62(65,18-19-67-42)27-49-36(3)66-20-21-77(49)50-31-71-83-57(50)61(5,6)28-51(80)63(26-46(79)29-70-63)59(81)72-35(2)39-11-13-40(14-12-39)56-37(4)69-34-84-56/h8-14,23-24,30-31,34-36,42-44,46,49,66-67,70,73,78-79H,7,15-22,25-29,32-33H2,1-6H3,(H,72,81)/t35-,36+,42?,43?,44?,46?,49?,62?,63-/m0/s1. The molecular weight excluding hydrogens is 1090 g/mol. The smallest absolute Gasteiger partial charge is 0.319 e. The molecule has 9 heterocycles. The number of pyridine rings is 1. The molecule has 84 heavy (non-hydrogen) atoms. The number of β-amino-alcohol motifs (C(OH)–C–C–N with tert-alkyl or cyclic N) is 1. The molecule has 2 bridgehead atoms. The van der Waals surface area contributed by atoms with Crippen LogP contribution in [0.25, 0.3) is 43.4 Å². The van der Waals surface area contributed by atoms with Crippen LogP contribution in [0.1, 0.15) is 115 Å². The number of rotatable bonds is 18. The van der Waals surface area contributed by atoms with Gasteiger partial charge in [0.2, 0.25) is 5.91 Å². The van der Waals surface area contributed by atoms with E-state index in [1.54, 1.807) is 35.9 Å². The Hall–Kier alpha value is -6.75. The third kappa shape index (κ3) is 11.2. The molecule has 21 heteroatoms. The van der Waals surface area contributed by atoms with E-state index in [0.29, 0.717) is 80.2 Å². The van der Waals surface area contributed by atoms with Crippen molar-refractivity contribution >= 4 is 56.2 Å². The first-order valence-electron chi connectivity index (χ1n) is 29.8. The number of ether oxygens (including phenoxy) is 1. The highest BCUT2D eigenvalue weighted by Gasteiger charge is 2.53. The maximum atomic E-state index is 17.8. The minimum absolute atomic E-state index is 0.00543. The number of Topliss-reactive ketones (excluding diaryl/α,β-unsaturated/α-hetero) is 1. The zero-order valence-electron chi connectivity index (χ0n) is 48.6. The fourth-order valence-corrected chi connectivity index (χ4v) is 14.8. The number of benzene rings is 3. The van der Waals surface area contributed by atoms with Gasteiger partial charge in [0, 0.05) is 99.4 Å². The van der Waals surface area contributed by atoms with Crippen LogP contribution in [0.4, 0.5) is 20.3 Å². The molecule has 0 spiro atoms. The molecule has 1 amide bonds. The summed E-state index contributed by atoms with van der Waals surface area (Å²) in [5.74, 6) is -0.515. The minimum Gasteiger partial charge on any atom is -0.508 e. The number of aliphatic hydroxyl groups is 1. The number of piperidine rings is 1. The predicted molar refractivity (Wildman–Crippen MR) is 321 cm³/mol. The number of nitrogens with zero attached hydrogens (tertiary/aromatic N) is 7. The lowest BCUT2D eigenvalue weighted by Crippen LogP contribution is -2.60. The second kappa shape index (κ2) is 23.3. The molecule has 9 atom stereocenters. The van der Waals surface area contributed by atoms with Gasteiger partial charge in [-0.1, -0.05) is 68.4 Å². The summed E-state index contributed by atoms with van der Waals surface area (Å²) in [6.07, 6.45) is 6.12. The highest BCUT2D eigenvalue weighted by molar-refractivity contribution is 7.13. The third-order valence-electron chi connectivity index (χ3n) is 18.4. The molecule has 3 aromatic carbocycles. The van der Waals surface area contributed by atoms with Gasteiger partial charge in [-0.2, -0.15) is 9.97 Å². The number of aromatic hydroxyl groups is 1. The minimum atomic E-state index is -1.69. The molecule has 7 N–H and O–H groups in total. The molecule has 0 radical (unpaired) electrons. The molecule has 18 nitrogen and oxygen atoms in total. The van der Waals surface area contributed by atoms with Crippen LogP contribution in [-0.4, -0.2) is 140 Å². The number of nitrogens with one attached hydrogen (secondary N) is 5. The van der Waals surface area contributed by atoms with Crippen LogP contribution in [-0.2, 0) is 21.4 Å². The second-order valence-electron chi connectivity index (χ2n) is 24.8. The average Bonchev–Trinajstić information content (AvgIpc) is 3.56. The summed E-state index contributed by atoms with van der Waals surface area (Å²) < 4.78 is 47.5. The Bertz CT molecular complexity index is 3570. The monoisotopic (exact) mass is 1170 g/mol. The fourth-order valence-electron chi connectivity index (χ4n) is 13.9. The number of thiazole rings is 1. The van der Waals surface area contributed by atoms with Gasteiger partial charge in [-0.05, 0) is 105 Å². The van der Waals surface area contributed by atoms with E-state index in [1.165, 1.54) is 0 Å². The van der Waals surface area contributed by atoms with Gasteiger partial charge in [0.25, 0.3) is 0 Å². The number of amides is 1. The summed E-state index contributed by atoms with van der Waals surface area (Å²) in [6, 6.07) is 16.4. The second-order valence-corrected chi connectivity index (χ2v) is 25.6. The van der Waals surface area contributed by atoms with Crippen LogP contribution >= 0.6 is 11.3 Å². The molecule has 6 unspecified atom stereocenters. The molecule has 5 saturated heterocycles. The number of phenolic OH excluding ortho intramolecular Hbond substituents is 1. The van der Waals surface area contributed by atoms with Crippen LogP contribution in [0.5, 0.6) is 11.8 Å². The summed E-state index contributed by atoms with van der Waals surface area (Å²) >= 11 is 1.57. The number of hydrogen-bond acceptors (Lipinski definition) is 18. The molecule has 4 aromatic heterocycles. The fraction of sp³-hybridized carbons (Fsp3) is 0.508. The molecule has 5 aliphatic rings. The molecule has 0 aliphatic carbocycles. The topological polar surface area (TPSA) is 228 Å². The number of anilines is 2. The van der Waals surface area contributed by atoms with E-state index < -0.39 is 40.5 Å². The number of phenols is 1. The lowest BCUT2D eigenvalue weighted by atomic mass is 9.77. The maximum absolute atomic E-state index is 17.8. The highest BCUT2D eigenvalue weighted by atomic mass is 32.1. The van der Waals surface area contributed by atoms with Crippen molar-refractivity contribution in [3.63, 3.8) is 0 Å². The number of fused-ring (bicyclic) bond motifs is 4. The molecule has 0 saturated carbocycles. The Morgan fingerprint density at radius 2 is 1.83 bits per heavy atom. The van der Waals surface area contributed by atoms with E-state index in [0.717, 1.165) is 50.9 Å². The highest BCUT2D eigenvalue weighted by Crippen LogP contribution is 2.43. The van der Waals surface area contributed by atoms with E-state index in [2.05, 4.69) is 53.4 Å². The van der Waals surface area contributed by atoms with Crippen molar-refractivity contribution in [1.29, 1.82) is 0 Å². The number of carbonyl (C=O) groups is 2. The van der Waals surface area contributed by atoms with Gasteiger partial charge >= 0.3 is 6.01 Å². The van der Waals surface area contributed by atoms with Crippen LogP contribution in [0.2, 0.25) is 0 Å². The van der Waals surface area contributed by atoms with Crippen molar-refractivity contribution in [3.05, 3.63) is 101 Å². The summed E-state index contributed by atoms with van der Waals surface area (Å²) in [5.41, 5.74) is 2.73. The first-order chi connectivity index (χ1) is 40.4. The Balaban J connectivity index is 0.736. The first kappa shape index (κ1) is 57.7. The Kier molecular flexibility index (Phi) is 16.0. The summed E-state index contributed by atoms with van der Waals surface area (Å²) in [5, 5.41) is 45.0. The van der Waals surface area contributed by atoms with Gasteiger partial charge in [-0.25, -0.2) is 13.8 Å². The molecule has 7 aromatic rings. The SMILES string of the molecule is CCc1cccc2cc(O)cc(-c3ncc4c(N5CC6CCC(C5)N6)nc(OCCC5CC(F)(CC6[C@@H](C)NCCN6c6cnoc6C(C)(C)CC(=O)[C@]6(C(=O)N[C@@H](C)c7ccc(-c8scnc8C)cc7)CC(O)CN6)CCN5)nc4c3F)c12. The predicted octanol–water partition coefficient (Wildman–Crippen LogP) is 8.31. The largest absolute Gasteiger partial charge is 0.508 e. The van der Waals surface area contributed by atoms with Crippen molar-refractivity contribution in [1.82, 2.24) is 51.7 Å². The number of alkyl halides is 1. The van der Waals surface area contributed by atoms with Gasteiger partial charge in [-0.15, -0.1) is 11.3 Å². The Morgan fingerprint density at radius 3 is 2.57 bits per heavy atom. The molecule has 5 fully saturated rings. The number of aromatic nitrogens is 5. The molecule has 5 aliphatic heterocycles. The van der Waals surface area contributed by atoms with Crippen LogP contribution in [0.15, 0.2) is 77.0 Å². The van der Waals surface area contributed by atoms with Crippen molar-refractivity contribution in [2.45, 2.75) is 158 Å². The van der Waals surface area contributed by atoms with Gasteiger partial charge in [0.05, 0.1) is 46.4 Å². The third-order valence-corrected chi connectivity index (χ3v) is 19.4. The van der Waals surface area contributed by atoms with E-state index >= 15 is 8.78 Å². The van der Waals surface area contributed by atoms with E-state index in [9.17, 15) is 19.8 Å². The Morgan fingerprint density at radius 1 is 1.04 bits per heavy atom. The first-order valence-corrected chi connectivity index (χ1v) is 30.7. The number of aliphatic hydroxyl groups excluding tert-OH is 1. The quantitative estimate of drug-likeness (QED) is 0.0401. The van der Waals surface area contributed by atoms with Crippen molar-refractivity contribution < 1.29 is 37.8 Å². The van der Waals surface area contributed by atoms with Gasteiger partial charge in [0.15, 0.2) is 22.9 Å². The normalized spacial score (nSPS) is 25.8. The van der Waals surface area contributed by atoms with Gasteiger partial charge < -0.3 is 50.5 Å². The van der Waals surface area contributed by atoms with Crippen molar-refractivity contribution in [2.24, 2.45) is 0 Å². The average molecular weight is 1170 g/mol. The van der Waals surface area contributed by atoms with Crippen molar-refractivity contribution in [3.8, 4) is 33.5 Å². The van der Waals surface area contributed by atoms with E-state index in [-0.39, 0.29) is 97.8 Å². The van der Waals surface area contributed by atoms with Gasteiger partial charge in [-0.3, -0.25) is 19.9 Å². The zero-order valence-corrected chi connectivity index (χ0v) is 49.4. The number of halogens is 2.